The fourth-order valence-electron chi connectivity index (χ4n) is 4.92. The van der Waals surface area contributed by atoms with Crippen molar-refractivity contribution in [3.8, 4) is 5.75 Å². The second-order valence-electron chi connectivity index (χ2n) is 8.98. The van der Waals surface area contributed by atoms with Crippen LogP contribution >= 0.6 is 0 Å². The number of nitrogens with one attached hydrogen (secondary N) is 1. The molecule has 35 heavy (non-hydrogen) atoms. The summed E-state index contributed by atoms with van der Waals surface area (Å²) < 4.78 is 46.0. The number of amides is 2. The van der Waals surface area contributed by atoms with Gasteiger partial charge in [0.2, 0.25) is 11.8 Å². The number of alkyl halides is 3. The molecular formula is C27H29F3N2O3. The summed E-state index contributed by atoms with van der Waals surface area (Å²) in [6.45, 7) is 6.30. The molecule has 0 unspecified atom stereocenters. The molecule has 4 rings (SSSR count). The molecule has 0 fully saturated rings. The molecule has 2 amide bonds. The Morgan fingerprint density at radius 3 is 2.54 bits per heavy atom. The molecule has 0 saturated carbocycles. The number of hydrogen-bond acceptors (Lipinski definition) is 3. The van der Waals surface area contributed by atoms with Crippen LogP contribution in [0.4, 0.5) is 24.5 Å². The minimum Gasteiger partial charge on any atom is -0.486 e. The second-order valence-corrected chi connectivity index (χ2v) is 8.98. The van der Waals surface area contributed by atoms with Crippen molar-refractivity contribution in [2.75, 3.05) is 16.8 Å². The normalized spacial score (nSPS) is 18.1. The minimum absolute atomic E-state index is 0.0538. The monoisotopic (exact) mass is 486 g/mol. The summed E-state index contributed by atoms with van der Waals surface area (Å²) in [5.74, 6) is -0.177. The van der Waals surface area contributed by atoms with E-state index in [-0.39, 0.29) is 17.6 Å². The fraction of sp³-hybridized carbons (Fsp3) is 0.407. The Morgan fingerprint density at radius 2 is 1.89 bits per heavy atom. The van der Waals surface area contributed by atoms with Gasteiger partial charge in [-0.05, 0) is 61.6 Å². The molecule has 0 aromatic heterocycles. The number of anilines is 2. The number of nitrogens with zero attached hydrogens (tertiary/aromatic N) is 1. The maximum absolute atomic E-state index is 13.3. The van der Waals surface area contributed by atoms with Crippen molar-refractivity contribution in [3.05, 3.63) is 59.2 Å². The van der Waals surface area contributed by atoms with Crippen molar-refractivity contribution in [2.45, 2.75) is 64.7 Å². The molecule has 186 valence electrons. The van der Waals surface area contributed by atoms with Gasteiger partial charge in [-0.25, -0.2) is 0 Å². The van der Waals surface area contributed by atoms with E-state index in [4.69, 9.17) is 4.74 Å². The Balaban J connectivity index is 1.69. The van der Waals surface area contributed by atoms with Gasteiger partial charge in [-0.1, -0.05) is 26.0 Å². The largest absolute Gasteiger partial charge is 0.486 e. The third-order valence-electron chi connectivity index (χ3n) is 6.99. The van der Waals surface area contributed by atoms with Gasteiger partial charge in [-0.15, -0.1) is 0 Å². The first kappa shape index (κ1) is 24.8. The van der Waals surface area contributed by atoms with Crippen LogP contribution in [0.2, 0.25) is 0 Å². The number of halogens is 3. The van der Waals surface area contributed by atoms with Crippen LogP contribution in [-0.4, -0.2) is 24.0 Å². The van der Waals surface area contributed by atoms with Crippen LogP contribution in [0.25, 0.3) is 5.57 Å². The van der Waals surface area contributed by atoms with Crippen LogP contribution < -0.4 is 15.0 Å². The van der Waals surface area contributed by atoms with Gasteiger partial charge in [-0.2, -0.15) is 13.2 Å². The van der Waals surface area contributed by atoms with Gasteiger partial charge in [0.1, 0.15) is 11.4 Å². The van der Waals surface area contributed by atoms with Crippen LogP contribution in [0.1, 0.15) is 63.1 Å². The van der Waals surface area contributed by atoms with E-state index in [1.165, 1.54) is 12.1 Å². The van der Waals surface area contributed by atoms with Crippen molar-refractivity contribution in [1.29, 1.82) is 0 Å². The second kappa shape index (κ2) is 9.40. The fourth-order valence-corrected chi connectivity index (χ4v) is 4.92. The zero-order chi connectivity index (χ0) is 25.4. The summed E-state index contributed by atoms with van der Waals surface area (Å²) in [4.78, 5) is 27.1. The Morgan fingerprint density at radius 1 is 1.14 bits per heavy atom. The highest BCUT2D eigenvalue weighted by Gasteiger charge is 2.38. The lowest BCUT2D eigenvalue weighted by atomic mass is 9.82. The molecule has 0 saturated heterocycles. The number of carbonyl (C=O) groups excluding carboxylic acids is 2. The van der Waals surface area contributed by atoms with Crippen molar-refractivity contribution < 1.29 is 27.5 Å². The quantitative estimate of drug-likeness (QED) is 0.500. The molecule has 2 heterocycles. The molecule has 8 heteroatoms. The van der Waals surface area contributed by atoms with Gasteiger partial charge in [0, 0.05) is 42.4 Å². The zero-order valence-corrected chi connectivity index (χ0v) is 20.1. The van der Waals surface area contributed by atoms with Crippen LogP contribution in [0.3, 0.4) is 0 Å². The lowest BCUT2D eigenvalue weighted by Gasteiger charge is -2.39. The summed E-state index contributed by atoms with van der Waals surface area (Å²) in [6.07, 6.45) is -0.537. The average molecular weight is 487 g/mol. The first-order valence-corrected chi connectivity index (χ1v) is 11.9. The molecule has 2 aliphatic rings. The van der Waals surface area contributed by atoms with Gasteiger partial charge in [-0.3, -0.25) is 9.59 Å². The van der Waals surface area contributed by atoms with E-state index >= 15 is 0 Å². The Hall–Kier alpha value is -3.29. The molecule has 2 aromatic rings. The lowest BCUT2D eigenvalue weighted by molar-refractivity contribution is -0.137. The first-order valence-electron chi connectivity index (χ1n) is 11.9. The highest BCUT2D eigenvalue weighted by Crippen LogP contribution is 2.45. The summed E-state index contributed by atoms with van der Waals surface area (Å²) in [7, 11) is 0. The topological polar surface area (TPSA) is 58.6 Å². The summed E-state index contributed by atoms with van der Waals surface area (Å²) in [5, 5.41) is 2.93. The first-order chi connectivity index (χ1) is 16.6. The van der Waals surface area contributed by atoms with Gasteiger partial charge < -0.3 is 15.0 Å². The molecule has 0 spiro atoms. The SMILES string of the molecule is CCN1C(=O)CCc2c(NC(=O)/C=C3\CC(CC)(CC)Oc4cc(C(F)(F)F)ccc43)cccc21. The smallest absolute Gasteiger partial charge is 0.416 e. The minimum atomic E-state index is -4.49. The maximum atomic E-state index is 13.3. The van der Waals surface area contributed by atoms with Crippen molar-refractivity contribution in [3.63, 3.8) is 0 Å². The predicted octanol–water partition coefficient (Wildman–Crippen LogP) is 6.37. The number of ether oxygens (including phenoxy) is 1. The summed E-state index contributed by atoms with van der Waals surface area (Å²) in [6, 6.07) is 8.88. The molecule has 1 N–H and O–H groups in total. The van der Waals surface area contributed by atoms with Crippen LogP contribution in [0.5, 0.6) is 5.75 Å². The van der Waals surface area contributed by atoms with E-state index in [1.54, 1.807) is 17.0 Å². The summed E-state index contributed by atoms with van der Waals surface area (Å²) >= 11 is 0. The molecule has 0 bridgehead atoms. The van der Waals surface area contributed by atoms with E-state index < -0.39 is 17.3 Å². The molecule has 2 aliphatic heterocycles. The van der Waals surface area contributed by atoms with E-state index in [1.807, 2.05) is 26.8 Å². The number of hydrogen-bond donors (Lipinski definition) is 1. The third-order valence-corrected chi connectivity index (χ3v) is 6.99. The number of benzene rings is 2. The Bertz CT molecular complexity index is 1180. The van der Waals surface area contributed by atoms with Crippen molar-refractivity contribution >= 4 is 28.8 Å². The van der Waals surface area contributed by atoms with Gasteiger partial charge in [0.25, 0.3) is 0 Å². The van der Waals surface area contributed by atoms with Gasteiger partial charge >= 0.3 is 6.18 Å². The number of fused-ring (bicyclic) bond motifs is 2. The van der Waals surface area contributed by atoms with Crippen molar-refractivity contribution in [1.82, 2.24) is 0 Å². The van der Waals surface area contributed by atoms with E-state index in [2.05, 4.69) is 5.32 Å². The summed E-state index contributed by atoms with van der Waals surface area (Å²) in [5.41, 5.74) is 1.98. The van der Waals surface area contributed by atoms with Crippen LogP contribution in [0, 0.1) is 0 Å². The molecule has 2 aromatic carbocycles. The molecule has 0 radical (unpaired) electrons. The van der Waals surface area contributed by atoms with E-state index in [0.29, 0.717) is 55.5 Å². The number of rotatable bonds is 5. The Kier molecular flexibility index (Phi) is 6.66. The molecule has 5 nitrogen and oxygen atoms in total. The van der Waals surface area contributed by atoms with Crippen molar-refractivity contribution in [2.24, 2.45) is 0 Å². The highest BCUT2D eigenvalue weighted by molar-refractivity contribution is 6.06. The zero-order valence-electron chi connectivity index (χ0n) is 20.1. The van der Waals surface area contributed by atoms with Gasteiger partial charge in [0.05, 0.1) is 5.56 Å². The predicted molar refractivity (Wildman–Crippen MR) is 129 cm³/mol. The average Bonchev–Trinajstić information content (AvgIpc) is 2.83. The Labute approximate surface area is 203 Å². The van der Waals surface area contributed by atoms with Crippen LogP contribution in [0.15, 0.2) is 42.5 Å². The van der Waals surface area contributed by atoms with E-state index in [9.17, 15) is 22.8 Å². The van der Waals surface area contributed by atoms with Crippen LogP contribution in [-0.2, 0) is 22.2 Å². The number of carbonyl (C=O) groups is 2. The van der Waals surface area contributed by atoms with E-state index in [0.717, 1.165) is 23.4 Å². The van der Waals surface area contributed by atoms with Gasteiger partial charge in [0.15, 0.2) is 0 Å². The highest BCUT2D eigenvalue weighted by atomic mass is 19.4. The molecule has 0 aliphatic carbocycles. The molecule has 0 atom stereocenters. The third kappa shape index (κ3) is 4.79. The standard InChI is InChI=1S/C27H29F3N2O3/c1-4-26(5-2)16-17(19-11-10-18(27(28,29)30)15-23(19)35-26)14-24(33)31-21-8-7-9-22-20(21)12-13-25(34)32(22)6-3/h7-11,14-15H,4-6,12-13,16H2,1-3H3,(H,31,33)/b17-14+. The lowest BCUT2D eigenvalue weighted by Crippen LogP contribution is -2.38. The maximum Gasteiger partial charge on any atom is 0.416 e. The molecular weight excluding hydrogens is 457 g/mol.